The van der Waals surface area contributed by atoms with Crippen molar-refractivity contribution in [3.8, 4) is 11.4 Å². The minimum atomic E-state index is -0.249. The molecule has 0 saturated carbocycles. The summed E-state index contributed by atoms with van der Waals surface area (Å²) in [5.41, 5.74) is 2.84. The SMILES string of the molecule is C[C@@H](NC(=O)c1ccccc1NC(=O)CSc1nnc(-c2ccccc2)n1C)c1ccccc1. The average molecular weight is 472 g/mol. The van der Waals surface area contributed by atoms with Crippen molar-refractivity contribution in [3.63, 3.8) is 0 Å². The highest BCUT2D eigenvalue weighted by Crippen LogP contribution is 2.23. The second-order valence-electron chi connectivity index (χ2n) is 7.72. The van der Waals surface area contributed by atoms with E-state index in [9.17, 15) is 9.59 Å². The zero-order chi connectivity index (χ0) is 23.9. The highest BCUT2D eigenvalue weighted by molar-refractivity contribution is 7.99. The summed E-state index contributed by atoms with van der Waals surface area (Å²) in [6.45, 7) is 1.93. The Balaban J connectivity index is 1.39. The van der Waals surface area contributed by atoms with E-state index in [1.54, 1.807) is 24.3 Å². The van der Waals surface area contributed by atoms with Gasteiger partial charge in [0, 0.05) is 12.6 Å². The molecule has 0 saturated heterocycles. The lowest BCUT2D eigenvalue weighted by molar-refractivity contribution is -0.113. The van der Waals surface area contributed by atoms with Crippen LogP contribution < -0.4 is 10.6 Å². The molecule has 0 fully saturated rings. The molecular weight excluding hydrogens is 446 g/mol. The lowest BCUT2D eigenvalue weighted by Gasteiger charge is -2.16. The first-order chi connectivity index (χ1) is 16.5. The third kappa shape index (κ3) is 5.52. The Labute approximate surface area is 202 Å². The first kappa shape index (κ1) is 23.3. The summed E-state index contributed by atoms with van der Waals surface area (Å²) in [6.07, 6.45) is 0. The molecular formula is C26H25N5O2S. The quantitative estimate of drug-likeness (QED) is 0.364. The van der Waals surface area contributed by atoms with E-state index in [-0.39, 0.29) is 23.6 Å². The van der Waals surface area contributed by atoms with E-state index >= 15 is 0 Å². The first-order valence-corrected chi connectivity index (χ1v) is 11.8. The molecule has 3 aromatic carbocycles. The third-order valence-corrected chi connectivity index (χ3v) is 6.31. The number of hydrogen-bond acceptors (Lipinski definition) is 5. The molecule has 4 rings (SSSR count). The van der Waals surface area contributed by atoms with Gasteiger partial charge in [-0.15, -0.1) is 10.2 Å². The zero-order valence-corrected chi connectivity index (χ0v) is 19.8. The van der Waals surface area contributed by atoms with Crippen molar-refractivity contribution >= 4 is 29.3 Å². The van der Waals surface area contributed by atoms with Crippen LogP contribution in [0.3, 0.4) is 0 Å². The number of anilines is 1. The van der Waals surface area contributed by atoms with Crippen LogP contribution in [0.2, 0.25) is 0 Å². The van der Waals surface area contributed by atoms with Crippen LogP contribution in [0.15, 0.2) is 90.1 Å². The molecule has 0 spiro atoms. The van der Waals surface area contributed by atoms with Crippen molar-refractivity contribution < 1.29 is 9.59 Å². The summed E-state index contributed by atoms with van der Waals surface area (Å²) in [4.78, 5) is 25.6. The largest absolute Gasteiger partial charge is 0.345 e. The van der Waals surface area contributed by atoms with Crippen LogP contribution in [-0.2, 0) is 11.8 Å². The molecule has 1 aromatic heterocycles. The van der Waals surface area contributed by atoms with Gasteiger partial charge in [0.25, 0.3) is 5.91 Å². The molecule has 2 N–H and O–H groups in total. The average Bonchev–Trinajstić information content (AvgIpc) is 3.24. The van der Waals surface area contributed by atoms with Gasteiger partial charge in [-0.2, -0.15) is 0 Å². The molecule has 0 unspecified atom stereocenters. The van der Waals surface area contributed by atoms with E-state index in [0.717, 1.165) is 17.0 Å². The van der Waals surface area contributed by atoms with E-state index in [4.69, 9.17) is 0 Å². The predicted octanol–water partition coefficient (Wildman–Crippen LogP) is 4.70. The van der Waals surface area contributed by atoms with E-state index in [1.165, 1.54) is 11.8 Å². The van der Waals surface area contributed by atoms with Gasteiger partial charge in [-0.25, -0.2) is 0 Å². The highest BCUT2D eigenvalue weighted by atomic mass is 32.2. The minimum absolute atomic E-state index is 0.136. The monoisotopic (exact) mass is 471 g/mol. The highest BCUT2D eigenvalue weighted by Gasteiger charge is 2.17. The van der Waals surface area contributed by atoms with E-state index in [2.05, 4.69) is 20.8 Å². The summed E-state index contributed by atoms with van der Waals surface area (Å²) in [7, 11) is 1.87. The number of nitrogens with zero attached hydrogens (tertiary/aromatic N) is 3. The summed E-state index contributed by atoms with van der Waals surface area (Å²) >= 11 is 1.29. The van der Waals surface area contributed by atoms with Crippen molar-refractivity contribution in [2.45, 2.75) is 18.1 Å². The van der Waals surface area contributed by atoms with Gasteiger partial charge >= 0.3 is 0 Å². The number of rotatable bonds is 8. The molecule has 172 valence electrons. The van der Waals surface area contributed by atoms with Gasteiger partial charge in [0.05, 0.1) is 23.0 Å². The molecule has 34 heavy (non-hydrogen) atoms. The minimum Gasteiger partial charge on any atom is -0.345 e. The smallest absolute Gasteiger partial charge is 0.253 e. The number of carbonyl (C=O) groups excluding carboxylic acids is 2. The fourth-order valence-electron chi connectivity index (χ4n) is 3.49. The van der Waals surface area contributed by atoms with Crippen molar-refractivity contribution in [2.24, 2.45) is 7.05 Å². The van der Waals surface area contributed by atoms with Crippen LogP contribution in [0, 0.1) is 0 Å². The maximum atomic E-state index is 12.9. The standard InChI is InChI=1S/C26H25N5O2S/c1-18(19-11-5-3-6-12-19)27-25(33)21-15-9-10-16-22(21)28-23(32)17-34-26-30-29-24(31(26)2)20-13-7-4-8-14-20/h3-16,18H,17H2,1-2H3,(H,27,33)(H,28,32)/t18-/m1/s1. The van der Waals surface area contributed by atoms with Crippen LogP contribution >= 0.6 is 11.8 Å². The van der Waals surface area contributed by atoms with Crippen LogP contribution in [0.4, 0.5) is 5.69 Å². The molecule has 2 amide bonds. The molecule has 4 aromatic rings. The van der Waals surface area contributed by atoms with Gasteiger partial charge in [-0.3, -0.25) is 9.59 Å². The van der Waals surface area contributed by atoms with Crippen molar-refractivity contribution in [1.82, 2.24) is 20.1 Å². The molecule has 7 nitrogen and oxygen atoms in total. The van der Waals surface area contributed by atoms with E-state index in [1.807, 2.05) is 79.2 Å². The predicted molar refractivity (Wildman–Crippen MR) is 135 cm³/mol. The second kappa shape index (κ2) is 10.8. The number of aromatic nitrogens is 3. The van der Waals surface area contributed by atoms with Gasteiger partial charge in [-0.05, 0) is 24.6 Å². The number of hydrogen-bond donors (Lipinski definition) is 2. The Bertz CT molecular complexity index is 1270. The molecule has 1 heterocycles. The van der Waals surface area contributed by atoms with Crippen LogP contribution in [0.5, 0.6) is 0 Å². The molecule has 1 atom stereocenters. The Morgan fingerprint density at radius 3 is 2.29 bits per heavy atom. The Morgan fingerprint density at radius 2 is 1.56 bits per heavy atom. The number of para-hydroxylation sites is 1. The normalized spacial score (nSPS) is 11.6. The van der Waals surface area contributed by atoms with Crippen molar-refractivity contribution in [3.05, 3.63) is 96.1 Å². The summed E-state index contributed by atoms with van der Waals surface area (Å²) in [6, 6.07) is 26.3. The van der Waals surface area contributed by atoms with Crippen LogP contribution in [0.25, 0.3) is 11.4 Å². The number of benzene rings is 3. The topological polar surface area (TPSA) is 88.9 Å². The molecule has 0 aliphatic heterocycles. The summed E-state index contributed by atoms with van der Waals surface area (Å²) in [5, 5.41) is 14.9. The number of amides is 2. The lowest BCUT2D eigenvalue weighted by Crippen LogP contribution is -2.28. The lowest BCUT2D eigenvalue weighted by atomic mass is 10.1. The Kier molecular flexibility index (Phi) is 7.39. The fraction of sp³-hybridized carbons (Fsp3) is 0.154. The van der Waals surface area contributed by atoms with Crippen LogP contribution in [-0.4, -0.2) is 32.3 Å². The first-order valence-electron chi connectivity index (χ1n) is 10.8. The molecule has 0 radical (unpaired) electrons. The summed E-state index contributed by atoms with van der Waals surface area (Å²) < 4.78 is 1.86. The van der Waals surface area contributed by atoms with E-state index in [0.29, 0.717) is 16.4 Å². The van der Waals surface area contributed by atoms with E-state index < -0.39 is 0 Å². The third-order valence-electron chi connectivity index (χ3n) is 5.29. The van der Waals surface area contributed by atoms with Gasteiger partial charge in [0.15, 0.2) is 11.0 Å². The maximum Gasteiger partial charge on any atom is 0.253 e. The Morgan fingerprint density at radius 1 is 0.912 bits per heavy atom. The number of nitrogens with one attached hydrogen (secondary N) is 2. The molecule has 0 bridgehead atoms. The van der Waals surface area contributed by atoms with Crippen molar-refractivity contribution in [1.29, 1.82) is 0 Å². The number of thioether (sulfide) groups is 1. The molecule has 0 aliphatic rings. The Hall–Kier alpha value is -3.91. The van der Waals surface area contributed by atoms with Gasteiger partial charge < -0.3 is 15.2 Å². The second-order valence-corrected chi connectivity index (χ2v) is 8.66. The molecule has 0 aliphatic carbocycles. The zero-order valence-electron chi connectivity index (χ0n) is 18.9. The maximum absolute atomic E-state index is 12.9. The van der Waals surface area contributed by atoms with Crippen LogP contribution in [0.1, 0.15) is 28.9 Å². The number of carbonyl (C=O) groups is 2. The van der Waals surface area contributed by atoms with Crippen molar-refractivity contribution in [2.75, 3.05) is 11.1 Å². The summed E-state index contributed by atoms with van der Waals surface area (Å²) in [5.74, 6) is 0.390. The van der Waals surface area contributed by atoms with Gasteiger partial charge in [0.2, 0.25) is 5.91 Å². The van der Waals surface area contributed by atoms with Gasteiger partial charge in [0.1, 0.15) is 0 Å². The molecule has 8 heteroatoms. The van der Waals surface area contributed by atoms with Gasteiger partial charge in [-0.1, -0.05) is 84.6 Å². The fourth-order valence-corrected chi connectivity index (χ4v) is 4.20.